The van der Waals surface area contributed by atoms with Crippen LogP contribution in [-0.2, 0) is 11.3 Å². The summed E-state index contributed by atoms with van der Waals surface area (Å²) in [5.41, 5.74) is 4.06. The molecule has 5 rings (SSSR count). The largest absolute Gasteiger partial charge is 0.457 e. The number of piperidine rings is 1. The van der Waals surface area contributed by atoms with Crippen LogP contribution in [0.25, 0.3) is 0 Å². The van der Waals surface area contributed by atoms with Gasteiger partial charge in [0.1, 0.15) is 17.5 Å². The second kappa shape index (κ2) is 11.5. The molecule has 1 atom stereocenters. The summed E-state index contributed by atoms with van der Waals surface area (Å²) >= 11 is 6.97. The number of anilines is 1. The Hall–Kier alpha value is -2.84. The molecule has 0 bridgehead atoms. The maximum absolute atomic E-state index is 13.5. The van der Waals surface area contributed by atoms with Crippen molar-refractivity contribution >= 4 is 49.5 Å². The number of ether oxygens (including phenoxy) is 1. The van der Waals surface area contributed by atoms with Gasteiger partial charge >= 0.3 is 6.03 Å². The number of halogens is 2. The van der Waals surface area contributed by atoms with Crippen molar-refractivity contribution in [1.82, 2.24) is 10.2 Å². The topological polar surface area (TPSA) is 61.9 Å². The number of hydrogen-bond acceptors (Lipinski definition) is 3. The van der Waals surface area contributed by atoms with Crippen LogP contribution in [0.1, 0.15) is 42.4 Å². The van der Waals surface area contributed by atoms with Crippen molar-refractivity contribution in [1.29, 1.82) is 0 Å². The quantitative estimate of drug-likeness (QED) is 0.291. The molecule has 2 aliphatic rings. The van der Waals surface area contributed by atoms with Gasteiger partial charge in [-0.25, -0.2) is 4.79 Å². The fourth-order valence-electron chi connectivity index (χ4n) is 5.04. The lowest BCUT2D eigenvalue weighted by molar-refractivity contribution is -0.121. The van der Waals surface area contributed by atoms with E-state index in [1.807, 2.05) is 84.3 Å². The minimum Gasteiger partial charge on any atom is -0.457 e. The van der Waals surface area contributed by atoms with Gasteiger partial charge < -0.3 is 19.9 Å². The molecule has 1 saturated heterocycles. The van der Waals surface area contributed by atoms with Gasteiger partial charge in [-0.15, -0.1) is 0 Å². The first kappa shape index (κ1) is 26.8. The van der Waals surface area contributed by atoms with Crippen molar-refractivity contribution in [3.63, 3.8) is 0 Å². The van der Waals surface area contributed by atoms with Gasteiger partial charge in [0.25, 0.3) is 0 Å². The van der Waals surface area contributed by atoms with Crippen LogP contribution in [0.3, 0.4) is 0 Å². The van der Waals surface area contributed by atoms with Crippen molar-refractivity contribution in [3.05, 3.63) is 86.3 Å². The van der Waals surface area contributed by atoms with Crippen LogP contribution in [0.2, 0.25) is 0 Å². The number of carbonyl (C=O) groups is 2. The lowest BCUT2D eigenvalue weighted by Crippen LogP contribution is -2.55. The third-order valence-electron chi connectivity index (χ3n) is 7.04. The van der Waals surface area contributed by atoms with Gasteiger partial charge in [0.05, 0.1) is 0 Å². The molecular weight excluding hydrogens is 610 g/mol. The molecule has 2 fully saturated rings. The average molecular weight is 641 g/mol. The highest BCUT2D eigenvalue weighted by Crippen LogP contribution is 2.32. The van der Waals surface area contributed by atoms with Gasteiger partial charge in [-0.3, -0.25) is 4.79 Å². The zero-order chi connectivity index (χ0) is 26.8. The Morgan fingerprint density at radius 3 is 2.16 bits per heavy atom. The Kier molecular flexibility index (Phi) is 8.09. The van der Waals surface area contributed by atoms with Crippen molar-refractivity contribution in [3.8, 4) is 11.5 Å². The summed E-state index contributed by atoms with van der Waals surface area (Å²) in [6.07, 6.45) is 3.46. The number of carbonyl (C=O) groups excluding carboxylic acids is 2. The molecule has 0 radical (unpaired) electrons. The number of benzene rings is 3. The predicted molar refractivity (Wildman–Crippen MR) is 157 cm³/mol. The maximum Gasteiger partial charge on any atom is 0.318 e. The highest BCUT2D eigenvalue weighted by atomic mass is 79.9. The zero-order valence-corrected chi connectivity index (χ0v) is 24.7. The minimum absolute atomic E-state index is 0.0386. The van der Waals surface area contributed by atoms with Crippen molar-refractivity contribution < 1.29 is 14.3 Å². The number of nitrogens with zero attached hydrogens (tertiary/aromatic N) is 2. The molecule has 1 aliphatic heterocycles. The summed E-state index contributed by atoms with van der Waals surface area (Å²) in [5.74, 6) is 1.47. The molecule has 1 heterocycles. The van der Waals surface area contributed by atoms with E-state index >= 15 is 0 Å². The van der Waals surface area contributed by atoms with Gasteiger partial charge in [0, 0.05) is 33.8 Å². The minimum atomic E-state index is -0.526. The van der Waals surface area contributed by atoms with Crippen LogP contribution in [0, 0.1) is 13.8 Å². The van der Waals surface area contributed by atoms with E-state index in [1.165, 1.54) is 0 Å². The van der Waals surface area contributed by atoms with E-state index in [2.05, 4.69) is 37.2 Å². The molecule has 3 aromatic rings. The first-order chi connectivity index (χ1) is 18.3. The summed E-state index contributed by atoms with van der Waals surface area (Å²) in [7, 11) is 0. The summed E-state index contributed by atoms with van der Waals surface area (Å²) < 4.78 is 7.92. The van der Waals surface area contributed by atoms with Crippen LogP contribution >= 0.6 is 31.9 Å². The van der Waals surface area contributed by atoms with E-state index in [-0.39, 0.29) is 18.0 Å². The first-order valence-electron chi connectivity index (χ1n) is 13.0. The van der Waals surface area contributed by atoms with Crippen LogP contribution in [0.5, 0.6) is 11.5 Å². The highest BCUT2D eigenvalue weighted by Gasteiger charge is 2.37. The smallest absolute Gasteiger partial charge is 0.318 e. The van der Waals surface area contributed by atoms with Crippen LogP contribution in [0.4, 0.5) is 10.5 Å². The Labute approximate surface area is 240 Å². The fourth-order valence-corrected chi connectivity index (χ4v) is 5.99. The molecule has 1 saturated carbocycles. The molecule has 198 valence electrons. The normalized spacial score (nSPS) is 17.3. The van der Waals surface area contributed by atoms with E-state index in [0.717, 1.165) is 62.1 Å². The Bertz CT molecular complexity index is 1300. The molecule has 3 amide bonds. The number of aryl methyl sites for hydroxylation is 2. The Morgan fingerprint density at radius 1 is 0.947 bits per heavy atom. The number of amides is 3. The molecule has 8 heteroatoms. The summed E-state index contributed by atoms with van der Waals surface area (Å²) in [6.45, 7) is 5.19. The molecule has 1 unspecified atom stereocenters. The zero-order valence-electron chi connectivity index (χ0n) is 21.5. The van der Waals surface area contributed by atoms with Crippen molar-refractivity contribution in [2.75, 3.05) is 11.4 Å². The van der Waals surface area contributed by atoms with E-state index in [0.29, 0.717) is 19.5 Å². The van der Waals surface area contributed by atoms with Gasteiger partial charge in [-0.1, -0.05) is 44.0 Å². The average Bonchev–Trinajstić information content (AvgIpc) is 3.72. The van der Waals surface area contributed by atoms with E-state index in [9.17, 15) is 9.59 Å². The first-order valence-corrected chi connectivity index (χ1v) is 14.5. The summed E-state index contributed by atoms with van der Waals surface area (Å²) in [4.78, 5) is 30.6. The molecule has 38 heavy (non-hydrogen) atoms. The SMILES string of the molecule is Cc1cc(Br)cc(C)c1N1CCCC(NC(=O)N(Cc2ccc(Oc3ccc(Br)cc3)cc2)C2CC2)C1=O. The molecule has 0 aromatic heterocycles. The van der Waals surface area contributed by atoms with E-state index in [1.54, 1.807) is 0 Å². The lowest BCUT2D eigenvalue weighted by atomic mass is 10.0. The fraction of sp³-hybridized carbons (Fsp3) is 0.333. The standard InChI is InChI=1S/C30H31Br2N3O3/c1-19-16-23(32)17-20(2)28(19)34-15-3-4-27(29(34)36)33-30(37)35(24-9-10-24)18-21-5-11-25(12-6-21)38-26-13-7-22(31)8-14-26/h5-8,11-14,16-17,24,27H,3-4,9-10,15,18H2,1-2H3,(H,33,37). The van der Waals surface area contributed by atoms with Crippen LogP contribution in [-0.4, -0.2) is 35.5 Å². The number of hydrogen-bond donors (Lipinski definition) is 1. The third-order valence-corrected chi connectivity index (χ3v) is 8.02. The Morgan fingerprint density at radius 2 is 1.55 bits per heavy atom. The second-order valence-electron chi connectivity index (χ2n) is 10.1. The van der Waals surface area contributed by atoms with Gasteiger partial charge in [-0.05, 0) is 105 Å². The molecule has 6 nitrogen and oxygen atoms in total. The van der Waals surface area contributed by atoms with Crippen LogP contribution in [0.15, 0.2) is 69.6 Å². The van der Waals surface area contributed by atoms with Gasteiger partial charge in [-0.2, -0.15) is 0 Å². The maximum atomic E-state index is 13.5. The third kappa shape index (κ3) is 6.24. The number of rotatable bonds is 7. The number of urea groups is 1. The second-order valence-corrected chi connectivity index (χ2v) is 11.9. The van der Waals surface area contributed by atoms with Crippen LogP contribution < -0.4 is 15.0 Å². The summed E-state index contributed by atoms with van der Waals surface area (Å²) in [6, 6.07) is 19.1. The van der Waals surface area contributed by atoms with Crippen molar-refractivity contribution in [2.45, 2.75) is 58.2 Å². The van der Waals surface area contributed by atoms with E-state index < -0.39 is 6.04 Å². The molecule has 3 aromatic carbocycles. The lowest BCUT2D eigenvalue weighted by Gasteiger charge is -2.35. The molecular formula is C30H31Br2N3O3. The molecule has 1 N–H and O–H groups in total. The highest BCUT2D eigenvalue weighted by molar-refractivity contribution is 9.10. The number of nitrogens with one attached hydrogen (secondary N) is 1. The van der Waals surface area contributed by atoms with Gasteiger partial charge in [0.2, 0.25) is 5.91 Å². The van der Waals surface area contributed by atoms with Crippen molar-refractivity contribution in [2.24, 2.45) is 0 Å². The molecule has 0 spiro atoms. The predicted octanol–water partition coefficient (Wildman–Crippen LogP) is 7.49. The molecule has 1 aliphatic carbocycles. The van der Waals surface area contributed by atoms with E-state index in [4.69, 9.17) is 4.74 Å². The monoisotopic (exact) mass is 639 g/mol. The van der Waals surface area contributed by atoms with Gasteiger partial charge in [0.15, 0.2) is 0 Å². The summed E-state index contributed by atoms with van der Waals surface area (Å²) in [5, 5.41) is 3.07. The Balaban J connectivity index is 1.24.